The predicted molar refractivity (Wildman–Crippen MR) is 87.6 cm³/mol. The molecule has 1 aliphatic rings. The maximum atomic E-state index is 12.8. The standard InChI is InChI=1S/C17H22N4O2/c1-12-6-7-15(16(22)19(12)3)17(23)20-9-4-5-14(11-20)21-10-8-18-13(21)2/h6-8,10,14H,4-5,9,11H2,1-3H3/t14-/m1/s1. The summed E-state index contributed by atoms with van der Waals surface area (Å²) in [4.78, 5) is 31.2. The van der Waals surface area contributed by atoms with Gasteiger partial charge in [-0.25, -0.2) is 4.98 Å². The Hall–Kier alpha value is -2.37. The van der Waals surface area contributed by atoms with Crippen LogP contribution < -0.4 is 5.56 Å². The largest absolute Gasteiger partial charge is 0.336 e. The number of carbonyl (C=O) groups is 1. The zero-order chi connectivity index (χ0) is 16.6. The van der Waals surface area contributed by atoms with Crippen LogP contribution in [0.1, 0.15) is 40.8 Å². The number of rotatable bonds is 2. The molecule has 3 heterocycles. The van der Waals surface area contributed by atoms with Gasteiger partial charge in [-0.1, -0.05) is 0 Å². The molecule has 0 N–H and O–H groups in total. The van der Waals surface area contributed by atoms with Crippen molar-refractivity contribution in [3.8, 4) is 0 Å². The molecule has 0 radical (unpaired) electrons. The van der Waals surface area contributed by atoms with Gasteiger partial charge in [-0.3, -0.25) is 9.59 Å². The van der Waals surface area contributed by atoms with Crippen LogP contribution in [0.2, 0.25) is 0 Å². The summed E-state index contributed by atoms with van der Waals surface area (Å²) in [6, 6.07) is 3.69. The quantitative estimate of drug-likeness (QED) is 0.847. The molecule has 1 aliphatic heterocycles. The number of hydrogen-bond donors (Lipinski definition) is 0. The molecular weight excluding hydrogens is 292 g/mol. The summed E-state index contributed by atoms with van der Waals surface area (Å²) in [5.74, 6) is 0.781. The third-order valence-electron chi connectivity index (χ3n) is 4.73. The molecule has 0 saturated carbocycles. The van der Waals surface area contributed by atoms with Crippen molar-refractivity contribution in [2.24, 2.45) is 7.05 Å². The Morgan fingerprint density at radius 3 is 2.78 bits per heavy atom. The minimum Gasteiger partial charge on any atom is -0.336 e. The highest BCUT2D eigenvalue weighted by Gasteiger charge is 2.27. The fourth-order valence-electron chi connectivity index (χ4n) is 3.20. The third-order valence-corrected chi connectivity index (χ3v) is 4.73. The second kappa shape index (κ2) is 6.02. The Morgan fingerprint density at radius 2 is 2.09 bits per heavy atom. The van der Waals surface area contributed by atoms with Gasteiger partial charge in [0.1, 0.15) is 11.4 Å². The van der Waals surface area contributed by atoms with Crippen LogP contribution in [0.4, 0.5) is 0 Å². The first-order valence-corrected chi connectivity index (χ1v) is 7.94. The zero-order valence-electron chi connectivity index (χ0n) is 13.8. The van der Waals surface area contributed by atoms with Crippen molar-refractivity contribution in [1.82, 2.24) is 19.0 Å². The number of aryl methyl sites for hydroxylation is 2. The van der Waals surface area contributed by atoms with E-state index in [4.69, 9.17) is 0 Å². The summed E-state index contributed by atoms with van der Waals surface area (Å²) >= 11 is 0. The summed E-state index contributed by atoms with van der Waals surface area (Å²) in [5, 5.41) is 0. The Balaban J connectivity index is 1.84. The number of piperidine rings is 1. The zero-order valence-corrected chi connectivity index (χ0v) is 13.8. The molecule has 2 aromatic heterocycles. The van der Waals surface area contributed by atoms with Crippen LogP contribution in [0.15, 0.2) is 29.3 Å². The van der Waals surface area contributed by atoms with E-state index in [0.717, 1.165) is 24.4 Å². The van der Waals surface area contributed by atoms with Crippen LogP contribution in [0.5, 0.6) is 0 Å². The van der Waals surface area contributed by atoms with Crippen LogP contribution >= 0.6 is 0 Å². The number of imidazole rings is 1. The minimum atomic E-state index is -0.226. The molecule has 0 bridgehead atoms. The molecule has 1 fully saturated rings. The number of likely N-dealkylation sites (tertiary alicyclic amines) is 1. The SMILES string of the molecule is Cc1nccn1[C@@H]1CCCN(C(=O)c2ccc(C)n(C)c2=O)C1. The van der Waals surface area contributed by atoms with Gasteiger partial charge < -0.3 is 14.0 Å². The van der Waals surface area contributed by atoms with Gasteiger partial charge in [0.25, 0.3) is 11.5 Å². The van der Waals surface area contributed by atoms with E-state index >= 15 is 0 Å². The van der Waals surface area contributed by atoms with E-state index < -0.39 is 0 Å². The van der Waals surface area contributed by atoms with Crippen molar-refractivity contribution < 1.29 is 4.79 Å². The number of hydrogen-bond acceptors (Lipinski definition) is 3. The summed E-state index contributed by atoms with van der Waals surface area (Å²) in [6.07, 6.45) is 5.69. The van der Waals surface area contributed by atoms with Gasteiger partial charge in [0.05, 0.1) is 6.04 Å². The Bertz CT molecular complexity index is 790. The van der Waals surface area contributed by atoms with Crippen molar-refractivity contribution in [3.63, 3.8) is 0 Å². The molecule has 0 spiro atoms. The molecule has 23 heavy (non-hydrogen) atoms. The number of carbonyl (C=O) groups excluding carboxylic acids is 1. The van der Waals surface area contributed by atoms with E-state index in [2.05, 4.69) is 9.55 Å². The van der Waals surface area contributed by atoms with E-state index in [0.29, 0.717) is 13.1 Å². The normalized spacial score (nSPS) is 18.2. The molecule has 0 unspecified atom stereocenters. The molecule has 0 aromatic carbocycles. The predicted octanol–water partition coefficient (Wildman–Crippen LogP) is 1.68. The molecular formula is C17H22N4O2. The molecule has 1 amide bonds. The highest BCUT2D eigenvalue weighted by Crippen LogP contribution is 2.23. The maximum Gasteiger partial charge on any atom is 0.263 e. The number of amides is 1. The molecule has 3 rings (SSSR count). The van der Waals surface area contributed by atoms with Crippen molar-refractivity contribution >= 4 is 5.91 Å². The summed E-state index contributed by atoms with van der Waals surface area (Å²) in [6.45, 7) is 5.14. The molecule has 1 saturated heterocycles. The average Bonchev–Trinajstić information content (AvgIpc) is 2.98. The van der Waals surface area contributed by atoms with Crippen LogP contribution in [0.3, 0.4) is 0 Å². The Morgan fingerprint density at radius 1 is 1.30 bits per heavy atom. The van der Waals surface area contributed by atoms with Crippen molar-refractivity contribution in [2.45, 2.75) is 32.7 Å². The van der Waals surface area contributed by atoms with Gasteiger partial charge in [-0.15, -0.1) is 0 Å². The molecule has 6 heteroatoms. The van der Waals surface area contributed by atoms with Crippen molar-refractivity contribution in [3.05, 3.63) is 52.0 Å². The lowest BCUT2D eigenvalue weighted by Gasteiger charge is -2.34. The Labute approximate surface area is 135 Å². The molecule has 1 atom stereocenters. The van der Waals surface area contributed by atoms with Crippen molar-refractivity contribution in [1.29, 1.82) is 0 Å². The van der Waals surface area contributed by atoms with E-state index in [1.165, 1.54) is 4.57 Å². The second-order valence-electron chi connectivity index (χ2n) is 6.18. The second-order valence-corrected chi connectivity index (χ2v) is 6.18. The van der Waals surface area contributed by atoms with Gasteiger partial charge in [0.15, 0.2) is 0 Å². The van der Waals surface area contributed by atoms with Crippen molar-refractivity contribution in [2.75, 3.05) is 13.1 Å². The summed E-state index contributed by atoms with van der Waals surface area (Å²) < 4.78 is 3.64. The van der Waals surface area contributed by atoms with Gasteiger partial charge in [0, 0.05) is 38.2 Å². The first-order valence-electron chi connectivity index (χ1n) is 7.94. The Kier molecular flexibility index (Phi) is 4.07. The lowest BCUT2D eigenvalue weighted by atomic mass is 10.0. The van der Waals surface area contributed by atoms with E-state index in [9.17, 15) is 9.59 Å². The number of nitrogens with zero attached hydrogens (tertiary/aromatic N) is 4. The van der Waals surface area contributed by atoms with Crippen LogP contribution in [-0.2, 0) is 7.05 Å². The van der Waals surface area contributed by atoms with Gasteiger partial charge >= 0.3 is 0 Å². The van der Waals surface area contributed by atoms with E-state index in [1.54, 1.807) is 24.2 Å². The molecule has 2 aromatic rings. The lowest BCUT2D eigenvalue weighted by Crippen LogP contribution is -2.43. The monoisotopic (exact) mass is 314 g/mol. The first kappa shape index (κ1) is 15.5. The highest BCUT2D eigenvalue weighted by atomic mass is 16.2. The minimum absolute atomic E-state index is 0.173. The van der Waals surface area contributed by atoms with E-state index in [1.807, 2.05) is 26.1 Å². The smallest absolute Gasteiger partial charge is 0.263 e. The maximum absolute atomic E-state index is 12.8. The topological polar surface area (TPSA) is 60.1 Å². The van der Waals surface area contributed by atoms with Gasteiger partial charge in [-0.05, 0) is 38.8 Å². The number of aromatic nitrogens is 3. The average molecular weight is 314 g/mol. The highest BCUT2D eigenvalue weighted by molar-refractivity contribution is 5.94. The fourth-order valence-corrected chi connectivity index (χ4v) is 3.20. The number of pyridine rings is 1. The van der Waals surface area contributed by atoms with Crippen LogP contribution in [0.25, 0.3) is 0 Å². The lowest BCUT2D eigenvalue weighted by molar-refractivity contribution is 0.0676. The molecule has 0 aliphatic carbocycles. The molecule has 6 nitrogen and oxygen atoms in total. The molecule has 122 valence electrons. The summed E-state index contributed by atoms with van der Waals surface area (Å²) in [7, 11) is 1.70. The van der Waals surface area contributed by atoms with E-state index in [-0.39, 0.29) is 23.1 Å². The first-order chi connectivity index (χ1) is 11.0. The van der Waals surface area contributed by atoms with Crippen LogP contribution in [-0.4, -0.2) is 38.0 Å². The summed E-state index contributed by atoms with van der Waals surface area (Å²) in [5.41, 5.74) is 0.870. The third kappa shape index (κ3) is 2.81. The van der Waals surface area contributed by atoms with Gasteiger partial charge in [-0.2, -0.15) is 0 Å². The fraction of sp³-hybridized carbons (Fsp3) is 0.471. The van der Waals surface area contributed by atoms with Gasteiger partial charge in [0.2, 0.25) is 0 Å². The van der Waals surface area contributed by atoms with Crippen LogP contribution in [0, 0.1) is 13.8 Å².